The highest BCUT2D eigenvalue weighted by atomic mass is 32.2. The van der Waals surface area contributed by atoms with E-state index < -0.39 is 10.0 Å². The molecule has 2 heterocycles. The summed E-state index contributed by atoms with van der Waals surface area (Å²) in [5.74, 6) is 0.428. The maximum absolute atomic E-state index is 13.3. The molecule has 156 valence electrons. The molecule has 0 radical (unpaired) electrons. The van der Waals surface area contributed by atoms with Crippen LogP contribution in [0.5, 0.6) is 5.75 Å². The number of ether oxygens (including phenoxy) is 1. The maximum Gasteiger partial charge on any atom is 0.243 e. The van der Waals surface area contributed by atoms with E-state index in [4.69, 9.17) is 4.74 Å². The Balaban J connectivity index is 1.48. The molecular formula is C21H26N2O4S2. The third-order valence-corrected chi connectivity index (χ3v) is 8.35. The standard InChI is InChI=1S/C21H26N2O4S2/c1-27-18-8-10-20(11-9-18)29(25,26)22-12-2-4-16(14-22)21(24)23(17-6-7-17)15-19-5-3-13-28-19/h3,5,8-11,13,16-17H,2,4,6-7,12,14-15H2,1H3/t16-/m0/s1. The zero-order valence-corrected chi connectivity index (χ0v) is 18.1. The van der Waals surface area contributed by atoms with Gasteiger partial charge in [0.05, 0.1) is 24.5 Å². The van der Waals surface area contributed by atoms with Crippen LogP contribution in [0.25, 0.3) is 0 Å². The summed E-state index contributed by atoms with van der Waals surface area (Å²) in [5, 5.41) is 2.02. The van der Waals surface area contributed by atoms with E-state index in [9.17, 15) is 13.2 Å². The monoisotopic (exact) mass is 434 g/mol. The molecule has 1 aliphatic heterocycles. The Morgan fingerprint density at radius 3 is 2.59 bits per heavy atom. The van der Waals surface area contributed by atoms with Gasteiger partial charge in [-0.05, 0) is 61.4 Å². The molecule has 1 atom stereocenters. The molecule has 0 bridgehead atoms. The smallest absolute Gasteiger partial charge is 0.243 e. The largest absolute Gasteiger partial charge is 0.497 e. The zero-order chi connectivity index (χ0) is 20.4. The second-order valence-electron chi connectivity index (χ2n) is 7.65. The molecule has 0 N–H and O–H groups in total. The molecule has 1 aromatic heterocycles. The topological polar surface area (TPSA) is 66.9 Å². The van der Waals surface area contributed by atoms with Gasteiger partial charge in [0.15, 0.2) is 0 Å². The van der Waals surface area contributed by atoms with Crippen LogP contribution in [0.15, 0.2) is 46.7 Å². The first-order valence-electron chi connectivity index (χ1n) is 9.96. The first kappa shape index (κ1) is 20.4. The van der Waals surface area contributed by atoms with Crippen molar-refractivity contribution in [3.8, 4) is 5.75 Å². The van der Waals surface area contributed by atoms with Gasteiger partial charge in [-0.3, -0.25) is 4.79 Å². The molecular weight excluding hydrogens is 408 g/mol. The van der Waals surface area contributed by atoms with E-state index in [1.807, 2.05) is 16.3 Å². The Hall–Kier alpha value is -1.90. The van der Waals surface area contributed by atoms with Crippen molar-refractivity contribution in [3.05, 3.63) is 46.7 Å². The number of carbonyl (C=O) groups excluding carboxylic acids is 1. The molecule has 1 saturated carbocycles. The number of hydrogen-bond acceptors (Lipinski definition) is 5. The van der Waals surface area contributed by atoms with E-state index in [0.717, 1.165) is 19.3 Å². The Morgan fingerprint density at radius 1 is 1.21 bits per heavy atom. The van der Waals surface area contributed by atoms with E-state index in [1.54, 1.807) is 42.7 Å². The Labute approximate surface area is 176 Å². The summed E-state index contributed by atoms with van der Waals surface area (Å²) < 4.78 is 32.8. The van der Waals surface area contributed by atoms with Gasteiger partial charge in [-0.15, -0.1) is 11.3 Å². The lowest BCUT2D eigenvalue weighted by Gasteiger charge is -2.34. The van der Waals surface area contributed by atoms with Crippen molar-refractivity contribution >= 4 is 27.3 Å². The summed E-state index contributed by atoms with van der Waals surface area (Å²) in [7, 11) is -2.08. The lowest BCUT2D eigenvalue weighted by molar-refractivity contribution is -0.137. The van der Waals surface area contributed by atoms with E-state index >= 15 is 0 Å². The van der Waals surface area contributed by atoms with Gasteiger partial charge in [0.1, 0.15) is 5.75 Å². The average Bonchev–Trinajstić information content (AvgIpc) is 3.47. The molecule has 1 amide bonds. The Kier molecular flexibility index (Phi) is 5.94. The first-order chi connectivity index (χ1) is 14.0. The number of sulfonamides is 1. The predicted octanol–water partition coefficient (Wildman–Crippen LogP) is 3.35. The van der Waals surface area contributed by atoms with E-state index in [0.29, 0.717) is 31.3 Å². The highest BCUT2D eigenvalue weighted by Gasteiger charge is 2.39. The van der Waals surface area contributed by atoms with Crippen LogP contribution >= 0.6 is 11.3 Å². The normalized spacial score (nSPS) is 20.4. The number of amides is 1. The molecule has 0 unspecified atom stereocenters. The fourth-order valence-electron chi connectivity index (χ4n) is 3.84. The number of nitrogens with zero attached hydrogens (tertiary/aromatic N) is 2. The van der Waals surface area contributed by atoms with E-state index in [1.165, 1.54) is 9.18 Å². The highest BCUT2D eigenvalue weighted by Crippen LogP contribution is 2.33. The van der Waals surface area contributed by atoms with Gasteiger partial charge >= 0.3 is 0 Å². The minimum absolute atomic E-state index is 0.0931. The average molecular weight is 435 g/mol. The van der Waals surface area contributed by atoms with Crippen LogP contribution in [0.2, 0.25) is 0 Å². The number of piperidine rings is 1. The van der Waals surface area contributed by atoms with Crippen LogP contribution in [0.1, 0.15) is 30.6 Å². The summed E-state index contributed by atoms with van der Waals surface area (Å²) in [5.41, 5.74) is 0. The van der Waals surface area contributed by atoms with Crippen molar-refractivity contribution in [1.82, 2.24) is 9.21 Å². The van der Waals surface area contributed by atoms with Crippen LogP contribution in [-0.2, 0) is 21.4 Å². The van der Waals surface area contributed by atoms with Crippen LogP contribution < -0.4 is 4.74 Å². The summed E-state index contributed by atoms with van der Waals surface area (Å²) in [6.45, 7) is 1.33. The summed E-state index contributed by atoms with van der Waals surface area (Å²) in [6, 6.07) is 10.8. The second kappa shape index (κ2) is 8.45. The molecule has 1 saturated heterocycles. The molecule has 2 aliphatic rings. The maximum atomic E-state index is 13.3. The third kappa shape index (κ3) is 4.49. The fourth-order valence-corrected chi connectivity index (χ4v) is 6.06. The quantitative estimate of drug-likeness (QED) is 0.670. The van der Waals surface area contributed by atoms with Gasteiger partial charge in [0, 0.05) is 24.0 Å². The van der Waals surface area contributed by atoms with Crippen molar-refractivity contribution < 1.29 is 17.9 Å². The molecule has 29 heavy (non-hydrogen) atoms. The molecule has 2 fully saturated rings. The summed E-state index contributed by atoms with van der Waals surface area (Å²) >= 11 is 1.66. The predicted molar refractivity (Wildman–Crippen MR) is 112 cm³/mol. The lowest BCUT2D eigenvalue weighted by atomic mass is 9.98. The summed E-state index contributed by atoms with van der Waals surface area (Å²) in [6.07, 6.45) is 3.51. The van der Waals surface area contributed by atoms with Crippen molar-refractivity contribution in [3.63, 3.8) is 0 Å². The van der Waals surface area contributed by atoms with Crippen LogP contribution in [0.3, 0.4) is 0 Å². The fraction of sp³-hybridized carbons (Fsp3) is 0.476. The van der Waals surface area contributed by atoms with Gasteiger partial charge < -0.3 is 9.64 Å². The zero-order valence-electron chi connectivity index (χ0n) is 16.5. The van der Waals surface area contributed by atoms with Gasteiger partial charge in [0.2, 0.25) is 15.9 Å². The van der Waals surface area contributed by atoms with E-state index in [-0.39, 0.29) is 23.3 Å². The van der Waals surface area contributed by atoms with Gasteiger partial charge in [-0.25, -0.2) is 8.42 Å². The molecule has 0 spiro atoms. The van der Waals surface area contributed by atoms with Crippen LogP contribution in [0, 0.1) is 5.92 Å². The van der Waals surface area contributed by atoms with Crippen molar-refractivity contribution in [2.24, 2.45) is 5.92 Å². The number of thiophene rings is 1. The Bertz CT molecular complexity index is 938. The lowest BCUT2D eigenvalue weighted by Crippen LogP contribution is -2.47. The van der Waals surface area contributed by atoms with Crippen LogP contribution in [0.4, 0.5) is 0 Å². The Morgan fingerprint density at radius 2 is 1.97 bits per heavy atom. The number of benzene rings is 1. The number of rotatable bonds is 7. The number of hydrogen-bond donors (Lipinski definition) is 0. The highest BCUT2D eigenvalue weighted by molar-refractivity contribution is 7.89. The molecule has 1 aromatic carbocycles. The van der Waals surface area contributed by atoms with Gasteiger partial charge in [0.25, 0.3) is 0 Å². The van der Waals surface area contributed by atoms with E-state index in [2.05, 4.69) is 6.07 Å². The third-order valence-electron chi connectivity index (χ3n) is 5.61. The number of methoxy groups -OCH3 is 1. The first-order valence-corrected chi connectivity index (χ1v) is 12.3. The molecule has 6 nitrogen and oxygen atoms in total. The van der Waals surface area contributed by atoms with Crippen molar-refractivity contribution in [2.75, 3.05) is 20.2 Å². The second-order valence-corrected chi connectivity index (χ2v) is 10.6. The minimum Gasteiger partial charge on any atom is -0.497 e. The molecule has 8 heteroatoms. The van der Waals surface area contributed by atoms with Crippen molar-refractivity contribution in [2.45, 2.75) is 43.2 Å². The SMILES string of the molecule is COc1ccc(S(=O)(=O)N2CCC[C@H](C(=O)N(Cc3cccs3)C3CC3)C2)cc1. The van der Waals surface area contributed by atoms with Crippen molar-refractivity contribution in [1.29, 1.82) is 0 Å². The minimum atomic E-state index is -3.62. The summed E-state index contributed by atoms with van der Waals surface area (Å²) in [4.78, 5) is 16.7. The van der Waals surface area contributed by atoms with Crippen LogP contribution in [-0.4, -0.2) is 49.8 Å². The van der Waals surface area contributed by atoms with Gasteiger partial charge in [-0.2, -0.15) is 4.31 Å². The number of carbonyl (C=O) groups is 1. The molecule has 4 rings (SSSR count). The van der Waals surface area contributed by atoms with Gasteiger partial charge in [-0.1, -0.05) is 6.07 Å². The molecule has 1 aliphatic carbocycles. The molecule has 2 aromatic rings.